The van der Waals surface area contributed by atoms with Crippen molar-refractivity contribution >= 4 is 46.5 Å². The smallest absolute Gasteiger partial charge is 0.103 e. The van der Waals surface area contributed by atoms with E-state index in [9.17, 15) is 0 Å². The third-order valence-electron chi connectivity index (χ3n) is 2.51. The number of hydrogen-bond acceptors (Lipinski definition) is 3. The summed E-state index contributed by atoms with van der Waals surface area (Å²) in [5.41, 5.74) is 3.84. The molecule has 1 aromatic carbocycles. The molecular weight excluding hydrogens is 286 g/mol. The van der Waals surface area contributed by atoms with Crippen molar-refractivity contribution in [1.82, 2.24) is 10.3 Å². The summed E-state index contributed by atoms with van der Waals surface area (Å²) in [5.74, 6) is 0. The van der Waals surface area contributed by atoms with Crippen LogP contribution in [-0.2, 0) is 0 Å². The minimum absolute atomic E-state index is 0.141. The van der Waals surface area contributed by atoms with Crippen LogP contribution in [0.15, 0.2) is 30.3 Å². The first-order chi connectivity index (χ1) is 9.35. The number of anilines is 1. The molecule has 0 saturated carbocycles. The van der Waals surface area contributed by atoms with Gasteiger partial charge < -0.3 is 15.6 Å². The maximum absolute atomic E-state index is 5.04. The Morgan fingerprint density at radius 1 is 1.15 bits per heavy atom. The van der Waals surface area contributed by atoms with Gasteiger partial charge in [-0.05, 0) is 50.4 Å². The Morgan fingerprint density at radius 3 is 2.30 bits per heavy atom. The van der Waals surface area contributed by atoms with E-state index in [-0.39, 0.29) is 5.54 Å². The maximum atomic E-state index is 5.04. The van der Waals surface area contributed by atoms with Crippen molar-refractivity contribution in [3.05, 3.63) is 35.0 Å². The molecule has 0 radical (unpaired) electrons. The lowest BCUT2D eigenvalue weighted by molar-refractivity contribution is 0.520. The van der Waals surface area contributed by atoms with Gasteiger partial charge in [0.2, 0.25) is 0 Å². The fourth-order valence-electron chi connectivity index (χ4n) is 1.48. The first-order valence-electron chi connectivity index (χ1n) is 6.38. The zero-order valence-corrected chi connectivity index (χ0v) is 13.9. The molecule has 108 valence electrons. The standard InChI is InChI=1S/C10H10N2S.C5H11NS/c1-11-8-4-2-7-3-5-10(13)12-9(7)6-8;1-5(2,3)6-4-7/h2-6,11H,1H3,(H,12,13);4H,1-3H3,(H,6,7). The summed E-state index contributed by atoms with van der Waals surface area (Å²) in [4.78, 5) is 3.14. The fourth-order valence-corrected chi connectivity index (χ4v) is 2.01. The number of fused-ring (bicyclic) bond motifs is 1. The Bertz CT molecular complexity index is 627. The normalized spacial score (nSPS) is 10.4. The molecule has 0 aliphatic carbocycles. The number of nitrogens with one attached hydrogen (secondary N) is 3. The van der Waals surface area contributed by atoms with Crippen molar-refractivity contribution < 1.29 is 0 Å². The summed E-state index contributed by atoms with van der Waals surface area (Å²) in [6.07, 6.45) is 0. The largest absolute Gasteiger partial charge is 0.388 e. The van der Waals surface area contributed by atoms with Crippen LogP contribution in [0.3, 0.4) is 0 Å². The second-order valence-corrected chi connectivity index (χ2v) is 6.06. The van der Waals surface area contributed by atoms with Crippen molar-refractivity contribution in [3.63, 3.8) is 0 Å². The minimum Gasteiger partial charge on any atom is -0.388 e. The molecule has 0 saturated heterocycles. The Balaban J connectivity index is 0.000000246. The second-order valence-electron chi connectivity index (χ2n) is 5.39. The number of pyridine rings is 1. The highest BCUT2D eigenvalue weighted by Crippen LogP contribution is 2.16. The van der Waals surface area contributed by atoms with Gasteiger partial charge in [-0.1, -0.05) is 30.5 Å². The first-order valence-corrected chi connectivity index (χ1v) is 7.26. The van der Waals surface area contributed by atoms with E-state index in [4.69, 9.17) is 12.2 Å². The topological polar surface area (TPSA) is 39.8 Å². The number of rotatable bonds is 2. The van der Waals surface area contributed by atoms with E-state index in [0.29, 0.717) is 0 Å². The number of H-pyrrole nitrogens is 1. The summed E-state index contributed by atoms with van der Waals surface area (Å²) in [7, 11) is 1.90. The molecular formula is C15H21N3S2. The van der Waals surface area contributed by atoms with Gasteiger partial charge in [-0.15, -0.1) is 0 Å². The molecule has 3 nitrogen and oxygen atoms in total. The van der Waals surface area contributed by atoms with E-state index < -0.39 is 0 Å². The van der Waals surface area contributed by atoms with Crippen molar-refractivity contribution in [2.75, 3.05) is 12.4 Å². The van der Waals surface area contributed by atoms with Gasteiger partial charge in [0.1, 0.15) is 4.64 Å². The van der Waals surface area contributed by atoms with E-state index in [1.807, 2.05) is 31.3 Å². The van der Waals surface area contributed by atoms with Gasteiger partial charge in [0.05, 0.1) is 5.49 Å². The van der Waals surface area contributed by atoms with Gasteiger partial charge >= 0.3 is 0 Å². The maximum Gasteiger partial charge on any atom is 0.103 e. The van der Waals surface area contributed by atoms with Gasteiger partial charge in [-0.25, -0.2) is 0 Å². The molecule has 0 bridgehead atoms. The Labute approximate surface area is 130 Å². The van der Waals surface area contributed by atoms with Gasteiger partial charge in [0.15, 0.2) is 0 Å². The van der Waals surface area contributed by atoms with Gasteiger partial charge in [-0.2, -0.15) is 0 Å². The second kappa shape index (κ2) is 7.36. The molecule has 1 aromatic heterocycles. The van der Waals surface area contributed by atoms with Crippen LogP contribution < -0.4 is 10.6 Å². The van der Waals surface area contributed by atoms with Crippen LogP contribution in [0.5, 0.6) is 0 Å². The van der Waals surface area contributed by atoms with E-state index in [2.05, 4.69) is 54.7 Å². The molecule has 2 aromatic rings. The first kappa shape index (κ1) is 16.6. The highest BCUT2D eigenvalue weighted by Gasteiger charge is 2.03. The Kier molecular flexibility index (Phi) is 6.10. The third kappa shape index (κ3) is 5.67. The summed E-state index contributed by atoms with van der Waals surface area (Å²) in [6, 6.07) is 10.1. The number of thiocarbonyl (C=S) groups is 1. The average Bonchev–Trinajstić information content (AvgIpc) is 2.37. The Morgan fingerprint density at radius 2 is 1.80 bits per heavy atom. The summed E-state index contributed by atoms with van der Waals surface area (Å²) in [5, 5.41) is 7.23. The van der Waals surface area contributed by atoms with E-state index >= 15 is 0 Å². The molecule has 0 spiro atoms. The third-order valence-corrected chi connectivity index (χ3v) is 2.86. The number of aromatic nitrogens is 1. The van der Waals surface area contributed by atoms with Crippen LogP contribution in [0, 0.1) is 4.64 Å². The van der Waals surface area contributed by atoms with Crippen LogP contribution in [-0.4, -0.2) is 23.1 Å². The van der Waals surface area contributed by atoms with Gasteiger partial charge in [0.25, 0.3) is 0 Å². The van der Waals surface area contributed by atoms with Crippen LogP contribution in [0.25, 0.3) is 10.9 Å². The molecule has 3 N–H and O–H groups in total. The monoisotopic (exact) mass is 307 g/mol. The van der Waals surface area contributed by atoms with Crippen LogP contribution in [0.2, 0.25) is 0 Å². The van der Waals surface area contributed by atoms with E-state index in [0.717, 1.165) is 15.8 Å². The van der Waals surface area contributed by atoms with Crippen molar-refractivity contribution in [2.45, 2.75) is 26.3 Å². The van der Waals surface area contributed by atoms with Crippen LogP contribution >= 0.6 is 24.4 Å². The van der Waals surface area contributed by atoms with Gasteiger partial charge in [-0.3, -0.25) is 0 Å². The average molecular weight is 307 g/mol. The summed E-state index contributed by atoms with van der Waals surface area (Å²) in [6.45, 7) is 6.20. The van der Waals surface area contributed by atoms with Crippen molar-refractivity contribution in [2.24, 2.45) is 0 Å². The lowest BCUT2D eigenvalue weighted by Crippen LogP contribution is -2.33. The number of aromatic amines is 1. The Hall–Kier alpha value is -1.46. The molecule has 5 heteroatoms. The zero-order chi connectivity index (χ0) is 15.2. The number of hydrogen-bond donors (Lipinski definition) is 3. The van der Waals surface area contributed by atoms with Crippen molar-refractivity contribution in [3.8, 4) is 0 Å². The van der Waals surface area contributed by atoms with Gasteiger partial charge in [0, 0.05) is 23.8 Å². The molecule has 0 unspecified atom stereocenters. The highest BCUT2D eigenvalue weighted by atomic mass is 32.1. The molecule has 1 heterocycles. The lowest BCUT2D eigenvalue weighted by atomic mass is 10.1. The minimum atomic E-state index is 0.141. The van der Waals surface area contributed by atoms with E-state index in [1.165, 1.54) is 5.39 Å². The molecule has 0 aliphatic heterocycles. The summed E-state index contributed by atoms with van der Waals surface area (Å²) >= 11 is 9.61. The zero-order valence-electron chi connectivity index (χ0n) is 12.3. The predicted molar refractivity (Wildman–Crippen MR) is 95.2 cm³/mol. The molecule has 0 fully saturated rings. The van der Waals surface area contributed by atoms with Crippen LogP contribution in [0.1, 0.15) is 20.8 Å². The van der Waals surface area contributed by atoms with Crippen LogP contribution in [0.4, 0.5) is 5.69 Å². The van der Waals surface area contributed by atoms with Crippen molar-refractivity contribution in [1.29, 1.82) is 0 Å². The predicted octanol–water partition coefficient (Wildman–Crippen LogP) is 4.27. The molecule has 20 heavy (non-hydrogen) atoms. The fraction of sp³-hybridized carbons (Fsp3) is 0.333. The molecule has 0 aliphatic rings. The molecule has 0 atom stereocenters. The molecule has 2 rings (SSSR count). The summed E-state index contributed by atoms with van der Waals surface area (Å²) < 4.78 is 0.765. The number of benzene rings is 1. The SMILES string of the molecule is CC(C)(C)NC=S.CNc1ccc2ccc(=S)[nH]c2c1. The lowest BCUT2D eigenvalue weighted by Gasteiger charge is -2.16. The highest BCUT2D eigenvalue weighted by molar-refractivity contribution is 7.78. The quantitative estimate of drug-likeness (QED) is 0.725. The van der Waals surface area contributed by atoms with E-state index in [1.54, 1.807) is 5.49 Å². The molecule has 0 amide bonds.